The molecule has 1 unspecified atom stereocenters. The number of hydrogen-bond acceptors (Lipinski definition) is 7. The van der Waals surface area contributed by atoms with E-state index in [0.29, 0.717) is 10.7 Å². The van der Waals surface area contributed by atoms with E-state index in [2.05, 4.69) is 43.0 Å². The van der Waals surface area contributed by atoms with Gasteiger partial charge in [0, 0.05) is 16.6 Å². The first kappa shape index (κ1) is 32.3. The van der Waals surface area contributed by atoms with Crippen LogP contribution in [0, 0.1) is 0 Å². The Bertz CT molecular complexity index is 1550. The number of aliphatic carboxylic acids is 1. The number of benzene rings is 3. The van der Waals surface area contributed by atoms with Gasteiger partial charge >= 0.3 is 12.1 Å². The molecule has 1 aromatic heterocycles. The van der Waals surface area contributed by atoms with E-state index in [0.717, 1.165) is 15.9 Å². The molecule has 0 saturated carbocycles. The summed E-state index contributed by atoms with van der Waals surface area (Å²) in [6.07, 6.45) is 0.874. The molecule has 9 nitrogen and oxygen atoms in total. The molecule has 0 aliphatic rings. The maximum atomic E-state index is 13.2. The minimum absolute atomic E-state index is 0.0944. The van der Waals surface area contributed by atoms with Crippen LogP contribution in [0.5, 0.6) is 0 Å². The molecule has 1 atom stereocenters. The topological polar surface area (TPSA) is 127 Å². The van der Waals surface area contributed by atoms with Crippen molar-refractivity contribution in [1.29, 1.82) is 0 Å². The standard InChI is InChI=1S/C33H35N3O6SSi/c1-5-20-41-32(40)34-24-18-16-23(17-19-24)30-36-28(22-43-30)29(37)35-27(31(38)39)21-42-44(33(2,3)4,25-12-8-6-9-13-25)26-14-10-7-11-15-26/h5-19,22,27H,1,20-21H2,2-4H3,(H,34,40)(H,35,37)(H,38,39). The molecule has 0 bridgehead atoms. The highest BCUT2D eigenvalue weighted by molar-refractivity contribution is 7.13. The van der Waals surface area contributed by atoms with Crippen molar-refractivity contribution in [1.82, 2.24) is 10.3 Å². The molecule has 0 radical (unpaired) electrons. The fraction of sp³-hybridized carbons (Fsp3) is 0.212. The summed E-state index contributed by atoms with van der Waals surface area (Å²) < 4.78 is 11.7. The maximum absolute atomic E-state index is 13.2. The molecule has 228 valence electrons. The second kappa shape index (κ2) is 14.3. The lowest BCUT2D eigenvalue weighted by atomic mass is 10.2. The Morgan fingerprint density at radius 2 is 1.57 bits per heavy atom. The Balaban J connectivity index is 1.51. The van der Waals surface area contributed by atoms with E-state index in [1.807, 2.05) is 60.7 Å². The number of carboxylic acids is 1. The molecular formula is C33H35N3O6SSi. The Hall–Kier alpha value is -4.58. The van der Waals surface area contributed by atoms with E-state index in [1.54, 1.807) is 29.6 Å². The lowest BCUT2D eigenvalue weighted by Gasteiger charge is -2.43. The van der Waals surface area contributed by atoms with Gasteiger partial charge in [0.15, 0.2) is 0 Å². The number of nitrogens with zero attached hydrogens (tertiary/aromatic N) is 1. The monoisotopic (exact) mass is 629 g/mol. The molecule has 1 heterocycles. The molecule has 0 fully saturated rings. The van der Waals surface area contributed by atoms with Gasteiger partial charge in [0.2, 0.25) is 0 Å². The Labute approximate surface area is 261 Å². The number of anilines is 1. The molecule has 2 amide bonds. The third-order valence-electron chi connectivity index (χ3n) is 6.93. The van der Waals surface area contributed by atoms with Crippen LogP contribution in [0.25, 0.3) is 10.6 Å². The van der Waals surface area contributed by atoms with Crippen LogP contribution in [0.15, 0.2) is 103 Å². The minimum atomic E-state index is -3.02. The molecule has 0 spiro atoms. The van der Waals surface area contributed by atoms with Gasteiger partial charge in [-0.3, -0.25) is 10.1 Å². The smallest absolute Gasteiger partial charge is 0.411 e. The zero-order chi connectivity index (χ0) is 31.7. The molecule has 4 aromatic rings. The zero-order valence-electron chi connectivity index (χ0n) is 24.8. The summed E-state index contributed by atoms with van der Waals surface area (Å²) in [7, 11) is -3.02. The molecular weight excluding hydrogens is 595 g/mol. The van der Waals surface area contributed by atoms with Crippen molar-refractivity contribution in [2.45, 2.75) is 31.9 Å². The van der Waals surface area contributed by atoms with E-state index < -0.39 is 32.3 Å². The van der Waals surface area contributed by atoms with Crippen molar-refractivity contribution in [2.75, 3.05) is 18.5 Å². The number of aromatic nitrogens is 1. The van der Waals surface area contributed by atoms with E-state index >= 15 is 0 Å². The Kier molecular flexibility index (Phi) is 10.5. The van der Waals surface area contributed by atoms with Crippen LogP contribution in [0.4, 0.5) is 10.5 Å². The molecule has 4 rings (SSSR count). The molecule has 0 aliphatic heterocycles. The van der Waals surface area contributed by atoms with Gasteiger partial charge < -0.3 is 19.6 Å². The lowest BCUT2D eigenvalue weighted by Crippen LogP contribution is -2.67. The van der Waals surface area contributed by atoms with Crippen LogP contribution in [0.2, 0.25) is 5.04 Å². The molecule has 3 aromatic carbocycles. The fourth-order valence-corrected chi connectivity index (χ4v) is 10.3. The van der Waals surface area contributed by atoms with Gasteiger partial charge in [-0.2, -0.15) is 0 Å². The van der Waals surface area contributed by atoms with Crippen LogP contribution >= 0.6 is 11.3 Å². The van der Waals surface area contributed by atoms with Gasteiger partial charge in [0.1, 0.15) is 23.4 Å². The second-order valence-corrected chi connectivity index (χ2v) is 16.1. The van der Waals surface area contributed by atoms with Crippen molar-refractivity contribution >= 4 is 53.7 Å². The van der Waals surface area contributed by atoms with Crippen molar-refractivity contribution in [3.8, 4) is 10.6 Å². The number of hydrogen-bond donors (Lipinski definition) is 3. The van der Waals surface area contributed by atoms with Gasteiger partial charge in [-0.25, -0.2) is 14.6 Å². The summed E-state index contributed by atoms with van der Waals surface area (Å²) in [6, 6.07) is 25.3. The summed E-state index contributed by atoms with van der Waals surface area (Å²) in [5.41, 5.74) is 1.35. The minimum Gasteiger partial charge on any atom is -0.480 e. The molecule has 44 heavy (non-hydrogen) atoms. The molecule has 3 N–H and O–H groups in total. The van der Waals surface area contributed by atoms with Crippen molar-refractivity contribution in [3.05, 3.63) is 109 Å². The van der Waals surface area contributed by atoms with Gasteiger partial charge in [-0.05, 0) is 39.7 Å². The van der Waals surface area contributed by atoms with Crippen LogP contribution < -0.4 is 21.0 Å². The first-order valence-corrected chi connectivity index (χ1v) is 16.7. The van der Waals surface area contributed by atoms with Gasteiger partial charge in [-0.1, -0.05) is 94.1 Å². The third kappa shape index (κ3) is 7.49. The normalized spacial score (nSPS) is 12.2. The van der Waals surface area contributed by atoms with Crippen molar-refractivity contribution < 1.29 is 28.7 Å². The SMILES string of the molecule is C=CCOC(=O)Nc1ccc(-c2nc(C(=O)NC(CO[Si](c3ccccc3)(c3ccccc3)C(C)(C)C)C(=O)O)cs2)cc1. The second-order valence-electron chi connectivity index (χ2n) is 11.0. The zero-order valence-corrected chi connectivity index (χ0v) is 26.6. The number of amides is 2. The lowest BCUT2D eigenvalue weighted by molar-refractivity contribution is -0.140. The van der Waals surface area contributed by atoms with Gasteiger partial charge in [-0.15, -0.1) is 11.3 Å². The van der Waals surface area contributed by atoms with E-state index in [9.17, 15) is 19.5 Å². The molecule has 11 heteroatoms. The van der Waals surface area contributed by atoms with Crippen LogP contribution in [-0.4, -0.2) is 55.6 Å². The number of nitrogens with one attached hydrogen (secondary N) is 2. The first-order chi connectivity index (χ1) is 21.0. The number of thiazole rings is 1. The average Bonchev–Trinajstić information content (AvgIpc) is 3.51. The van der Waals surface area contributed by atoms with Crippen LogP contribution in [0.1, 0.15) is 31.3 Å². The molecule has 0 aliphatic carbocycles. The number of ether oxygens (including phenoxy) is 1. The third-order valence-corrected chi connectivity index (χ3v) is 12.8. The number of carbonyl (C=O) groups is 3. The highest BCUT2D eigenvalue weighted by atomic mass is 32.1. The van der Waals surface area contributed by atoms with E-state index in [4.69, 9.17) is 9.16 Å². The average molecular weight is 630 g/mol. The highest BCUT2D eigenvalue weighted by Crippen LogP contribution is 2.36. The Morgan fingerprint density at radius 3 is 2.09 bits per heavy atom. The van der Waals surface area contributed by atoms with Crippen molar-refractivity contribution in [3.63, 3.8) is 0 Å². The maximum Gasteiger partial charge on any atom is 0.411 e. The largest absolute Gasteiger partial charge is 0.480 e. The summed E-state index contributed by atoms with van der Waals surface area (Å²) in [4.78, 5) is 41.7. The van der Waals surface area contributed by atoms with Crippen LogP contribution in [-0.2, 0) is 14.0 Å². The predicted octanol–water partition coefficient (Wildman–Crippen LogP) is 5.30. The van der Waals surface area contributed by atoms with E-state index in [-0.39, 0.29) is 23.9 Å². The number of rotatable bonds is 12. The van der Waals surface area contributed by atoms with Gasteiger partial charge in [0.25, 0.3) is 14.2 Å². The van der Waals surface area contributed by atoms with Crippen LogP contribution in [0.3, 0.4) is 0 Å². The van der Waals surface area contributed by atoms with Gasteiger partial charge in [0.05, 0.1) is 6.61 Å². The number of carboxylic acid groups (broad SMARTS) is 1. The Morgan fingerprint density at radius 1 is 0.977 bits per heavy atom. The quantitative estimate of drug-likeness (QED) is 0.143. The first-order valence-electron chi connectivity index (χ1n) is 13.9. The molecule has 0 saturated heterocycles. The van der Waals surface area contributed by atoms with Crippen molar-refractivity contribution in [2.24, 2.45) is 0 Å². The summed E-state index contributed by atoms with van der Waals surface area (Å²) >= 11 is 1.25. The summed E-state index contributed by atoms with van der Waals surface area (Å²) in [5.74, 6) is -1.82. The highest BCUT2D eigenvalue weighted by Gasteiger charge is 2.50. The summed E-state index contributed by atoms with van der Waals surface area (Å²) in [6.45, 7) is 9.67. The fourth-order valence-electron chi connectivity index (χ4n) is 4.87. The predicted molar refractivity (Wildman–Crippen MR) is 175 cm³/mol. The number of carbonyl (C=O) groups excluding carboxylic acids is 2. The summed E-state index contributed by atoms with van der Waals surface area (Å²) in [5, 5.41) is 19.1. The van der Waals surface area contributed by atoms with E-state index in [1.165, 1.54) is 17.4 Å².